The van der Waals surface area contributed by atoms with E-state index in [1.54, 1.807) is 6.92 Å². The van der Waals surface area contributed by atoms with Gasteiger partial charge in [0, 0.05) is 11.0 Å². The first-order chi connectivity index (χ1) is 6.37. The molecule has 1 fully saturated rings. The normalized spacial score (nSPS) is 21.0. The van der Waals surface area contributed by atoms with Gasteiger partial charge in [-0.1, -0.05) is 12.0 Å². The zero-order valence-electron chi connectivity index (χ0n) is 8.17. The molecule has 0 aromatic heterocycles. The number of azide groups is 1. The Morgan fingerprint density at radius 1 is 1.64 bits per heavy atom. The topological polar surface area (TPSA) is 92.1 Å². The lowest BCUT2D eigenvalue weighted by Gasteiger charge is -2.15. The molecule has 0 aromatic carbocycles. The molecule has 7 heteroatoms. The Morgan fingerprint density at radius 2 is 2.21 bits per heavy atom. The van der Waals surface area contributed by atoms with Crippen LogP contribution in [0.1, 0.15) is 26.2 Å². The van der Waals surface area contributed by atoms with Crippen molar-refractivity contribution in [3.05, 3.63) is 10.4 Å². The van der Waals surface area contributed by atoms with Gasteiger partial charge in [0.15, 0.2) is 0 Å². The van der Waals surface area contributed by atoms with Crippen LogP contribution in [0.25, 0.3) is 10.4 Å². The van der Waals surface area contributed by atoms with Crippen LogP contribution in [0.15, 0.2) is 5.11 Å². The summed E-state index contributed by atoms with van der Waals surface area (Å²) in [7, 11) is -3.41. The van der Waals surface area contributed by atoms with Crippen LogP contribution >= 0.6 is 0 Å². The molecule has 1 unspecified atom stereocenters. The summed E-state index contributed by atoms with van der Waals surface area (Å²) in [5, 5.41) is 3.49. The van der Waals surface area contributed by atoms with E-state index in [0.29, 0.717) is 19.3 Å². The van der Waals surface area contributed by atoms with Gasteiger partial charge in [0.25, 0.3) is 10.1 Å². The van der Waals surface area contributed by atoms with E-state index in [1.165, 1.54) is 0 Å². The fraction of sp³-hybridized carbons (Fsp3) is 1.00. The molecule has 0 aliphatic heterocycles. The van der Waals surface area contributed by atoms with Crippen LogP contribution in [-0.4, -0.2) is 26.3 Å². The summed E-state index contributed by atoms with van der Waals surface area (Å²) in [6.45, 7) is 1.74. The third-order valence-electron chi connectivity index (χ3n) is 2.05. The van der Waals surface area contributed by atoms with Gasteiger partial charge in [-0.05, 0) is 24.8 Å². The molecule has 0 amide bonds. The van der Waals surface area contributed by atoms with E-state index < -0.39 is 15.7 Å². The Labute approximate surface area is 83.0 Å². The standard InChI is InChI=1S/C7H13N3O3S/c1-6(9-10-8)5-7(3-4-7)13-14(2,11)12/h6H,3-5H2,1-2H3. The molecule has 1 atom stereocenters. The van der Waals surface area contributed by atoms with Crippen molar-refractivity contribution in [2.45, 2.75) is 37.8 Å². The molecule has 0 radical (unpaired) electrons. The van der Waals surface area contributed by atoms with Crippen LogP contribution in [-0.2, 0) is 14.3 Å². The summed E-state index contributed by atoms with van der Waals surface area (Å²) in [5.74, 6) is 0. The first-order valence-corrected chi connectivity index (χ1v) is 6.13. The lowest BCUT2D eigenvalue weighted by molar-refractivity contribution is 0.171. The van der Waals surface area contributed by atoms with Crippen molar-refractivity contribution in [2.24, 2.45) is 5.11 Å². The molecule has 0 N–H and O–H groups in total. The van der Waals surface area contributed by atoms with Crippen molar-refractivity contribution >= 4 is 10.1 Å². The van der Waals surface area contributed by atoms with E-state index in [4.69, 9.17) is 9.71 Å². The molecule has 0 saturated heterocycles. The number of nitrogens with zero attached hydrogens (tertiary/aromatic N) is 3. The smallest absolute Gasteiger partial charge is 0.264 e. The van der Waals surface area contributed by atoms with Gasteiger partial charge in [0.05, 0.1) is 11.9 Å². The number of rotatable bonds is 5. The Balaban J connectivity index is 2.55. The highest BCUT2D eigenvalue weighted by molar-refractivity contribution is 7.86. The second kappa shape index (κ2) is 3.76. The van der Waals surface area contributed by atoms with Gasteiger partial charge in [-0.25, -0.2) is 0 Å². The van der Waals surface area contributed by atoms with Gasteiger partial charge in [-0.15, -0.1) is 0 Å². The fourth-order valence-corrected chi connectivity index (χ4v) is 2.33. The maximum absolute atomic E-state index is 10.9. The van der Waals surface area contributed by atoms with E-state index in [1.807, 2.05) is 0 Å². The van der Waals surface area contributed by atoms with Crippen molar-refractivity contribution in [1.82, 2.24) is 0 Å². The summed E-state index contributed by atoms with van der Waals surface area (Å²) >= 11 is 0. The van der Waals surface area contributed by atoms with Crippen LogP contribution in [0, 0.1) is 0 Å². The zero-order chi connectivity index (χ0) is 10.8. The second-order valence-electron chi connectivity index (χ2n) is 3.73. The van der Waals surface area contributed by atoms with Gasteiger partial charge in [0.1, 0.15) is 0 Å². The third-order valence-corrected chi connectivity index (χ3v) is 2.71. The van der Waals surface area contributed by atoms with Crippen molar-refractivity contribution in [3.63, 3.8) is 0 Å². The average Bonchev–Trinajstić information content (AvgIpc) is 2.64. The minimum Gasteiger partial charge on any atom is -0.264 e. The van der Waals surface area contributed by atoms with Crippen LogP contribution in [0.2, 0.25) is 0 Å². The first-order valence-electron chi connectivity index (χ1n) is 4.32. The van der Waals surface area contributed by atoms with E-state index in [0.717, 1.165) is 6.26 Å². The van der Waals surface area contributed by atoms with Crippen molar-refractivity contribution in [2.75, 3.05) is 6.26 Å². The molecule has 1 aliphatic carbocycles. The Morgan fingerprint density at radius 3 is 2.57 bits per heavy atom. The van der Waals surface area contributed by atoms with Crippen LogP contribution in [0.4, 0.5) is 0 Å². The molecule has 1 saturated carbocycles. The summed E-state index contributed by atoms with van der Waals surface area (Å²) in [6.07, 6.45) is 2.92. The maximum atomic E-state index is 10.9. The van der Waals surface area contributed by atoms with Gasteiger partial charge in [-0.2, -0.15) is 8.42 Å². The van der Waals surface area contributed by atoms with Crippen molar-refractivity contribution < 1.29 is 12.6 Å². The predicted octanol–water partition coefficient (Wildman–Crippen LogP) is 1.58. The van der Waals surface area contributed by atoms with Crippen LogP contribution in [0.3, 0.4) is 0 Å². The maximum Gasteiger partial charge on any atom is 0.264 e. The Hall–Kier alpha value is -0.780. The monoisotopic (exact) mass is 219 g/mol. The average molecular weight is 219 g/mol. The SMILES string of the molecule is CC(CC1(OS(C)(=O)=O)CC1)N=[N+]=[N-]. The highest BCUT2D eigenvalue weighted by Crippen LogP contribution is 2.45. The summed E-state index contributed by atoms with van der Waals surface area (Å²) in [5.41, 5.74) is 7.59. The highest BCUT2D eigenvalue weighted by atomic mass is 32.2. The molecular formula is C7H13N3O3S. The molecule has 6 nitrogen and oxygen atoms in total. The number of hydrogen-bond acceptors (Lipinski definition) is 4. The zero-order valence-corrected chi connectivity index (χ0v) is 8.99. The molecule has 80 valence electrons. The van der Waals surface area contributed by atoms with Gasteiger partial charge < -0.3 is 0 Å². The minimum atomic E-state index is -3.41. The van der Waals surface area contributed by atoms with Crippen LogP contribution < -0.4 is 0 Å². The summed E-state index contributed by atoms with van der Waals surface area (Å²) < 4.78 is 26.7. The highest BCUT2D eigenvalue weighted by Gasteiger charge is 2.47. The van der Waals surface area contributed by atoms with E-state index in [-0.39, 0.29) is 6.04 Å². The quantitative estimate of drug-likeness (QED) is 0.304. The summed E-state index contributed by atoms with van der Waals surface area (Å²) in [6, 6.07) is -0.232. The van der Waals surface area contributed by atoms with Crippen molar-refractivity contribution in [3.8, 4) is 0 Å². The molecular weight excluding hydrogens is 206 g/mol. The third kappa shape index (κ3) is 3.53. The van der Waals surface area contributed by atoms with E-state index in [2.05, 4.69) is 10.0 Å². The van der Waals surface area contributed by atoms with Crippen LogP contribution in [0.5, 0.6) is 0 Å². The molecule has 0 bridgehead atoms. The van der Waals surface area contributed by atoms with Gasteiger partial charge in [-0.3, -0.25) is 4.18 Å². The molecule has 14 heavy (non-hydrogen) atoms. The van der Waals surface area contributed by atoms with Gasteiger partial charge >= 0.3 is 0 Å². The Bertz CT molecular complexity index is 354. The molecule has 1 aliphatic rings. The predicted molar refractivity (Wildman–Crippen MR) is 51.1 cm³/mol. The number of hydrogen-bond donors (Lipinski definition) is 0. The summed E-state index contributed by atoms with van der Waals surface area (Å²) in [4.78, 5) is 2.66. The Kier molecular flexibility index (Phi) is 3.04. The molecule has 1 rings (SSSR count). The minimum absolute atomic E-state index is 0.232. The fourth-order valence-electron chi connectivity index (χ4n) is 1.45. The van der Waals surface area contributed by atoms with E-state index >= 15 is 0 Å². The molecule has 0 heterocycles. The molecule has 0 aromatic rings. The largest absolute Gasteiger partial charge is 0.264 e. The van der Waals surface area contributed by atoms with E-state index in [9.17, 15) is 8.42 Å². The molecule has 0 spiro atoms. The van der Waals surface area contributed by atoms with Crippen molar-refractivity contribution in [1.29, 1.82) is 0 Å². The lowest BCUT2D eigenvalue weighted by atomic mass is 10.1. The lowest BCUT2D eigenvalue weighted by Crippen LogP contribution is -2.22. The van der Waals surface area contributed by atoms with Gasteiger partial charge in [0.2, 0.25) is 0 Å². The second-order valence-corrected chi connectivity index (χ2v) is 5.30. The first kappa shape index (κ1) is 11.3.